The number of rotatable bonds is 4. The molecule has 6 rings (SSSR count). The van der Waals surface area contributed by atoms with Gasteiger partial charge in [-0.3, -0.25) is 9.59 Å². The molecule has 196 valence electrons. The van der Waals surface area contributed by atoms with Gasteiger partial charge in [0.15, 0.2) is 0 Å². The summed E-state index contributed by atoms with van der Waals surface area (Å²) in [5, 5.41) is 11.6. The number of nitrogens with zero attached hydrogens (tertiary/aromatic N) is 5. The maximum atomic E-state index is 13.4. The maximum Gasteiger partial charge on any atom is 0.263 e. The summed E-state index contributed by atoms with van der Waals surface area (Å²) in [6.45, 7) is 3.94. The van der Waals surface area contributed by atoms with Crippen LogP contribution in [0.25, 0.3) is 21.0 Å². The predicted octanol–water partition coefficient (Wildman–Crippen LogP) is 3.96. The van der Waals surface area contributed by atoms with E-state index in [0.29, 0.717) is 47.8 Å². The number of aromatic nitrogens is 3. The van der Waals surface area contributed by atoms with E-state index >= 15 is 0 Å². The molecule has 3 N–H and O–H groups in total. The molecule has 1 saturated heterocycles. The SMILES string of the molecule is C[C@@H]1CNc2c(sc3ccc4nc(Nc5nc(Cl)ncc5C(=O)N5CCC(N(C)C)C5)ccc4c23)C(=O)N1. The highest BCUT2D eigenvalue weighted by Gasteiger charge is 2.30. The van der Waals surface area contributed by atoms with Gasteiger partial charge >= 0.3 is 0 Å². The van der Waals surface area contributed by atoms with Crippen molar-refractivity contribution in [3.05, 3.63) is 46.2 Å². The van der Waals surface area contributed by atoms with Crippen molar-refractivity contribution in [1.82, 2.24) is 30.1 Å². The van der Waals surface area contributed by atoms with E-state index in [4.69, 9.17) is 16.6 Å². The highest BCUT2D eigenvalue weighted by atomic mass is 35.5. The summed E-state index contributed by atoms with van der Waals surface area (Å²) >= 11 is 7.58. The molecule has 3 aromatic heterocycles. The minimum atomic E-state index is -0.143. The van der Waals surface area contributed by atoms with Crippen molar-refractivity contribution < 1.29 is 9.59 Å². The second-order valence-corrected chi connectivity index (χ2v) is 11.3. The van der Waals surface area contributed by atoms with Gasteiger partial charge in [0.1, 0.15) is 22.1 Å². The molecule has 2 aliphatic rings. The maximum absolute atomic E-state index is 13.4. The zero-order chi connectivity index (χ0) is 26.6. The van der Waals surface area contributed by atoms with Crippen molar-refractivity contribution >= 4 is 73.1 Å². The first-order valence-corrected chi connectivity index (χ1v) is 13.6. The lowest BCUT2D eigenvalue weighted by Crippen LogP contribution is -2.34. The Labute approximate surface area is 228 Å². The molecule has 5 heterocycles. The fourth-order valence-electron chi connectivity index (χ4n) is 5.05. The molecule has 12 heteroatoms. The molecule has 2 amide bonds. The first-order valence-electron chi connectivity index (χ1n) is 12.4. The Morgan fingerprint density at radius 2 is 2.08 bits per heavy atom. The van der Waals surface area contributed by atoms with Crippen LogP contribution in [0.1, 0.15) is 33.4 Å². The summed E-state index contributed by atoms with van der Waals surface area (Å²) in [7, 11) is 4.05. The lowest BCUT2D eigenvalue weighted by Gasteiger charge is -2.21. The van der Waals surface area contributed by atoms with Crippen LogP contribution in [-0.4, -0.2) is 82.4 Å². The van der Waals surface area contributed by atoms with E-state index in [-0.39, 0.29) is 23.1 Å². The smallest absolute Gasteiger partial charge is 0.263 e. The van der Waals surface area contributed by atoms with E-state index in [1.54, 1.807) is 0 Å². The Morgan fingerprint density at radius 1 is 1.24 bits per heavy atom. The molecule has 0 bridgehead atoms. The number of hydrogen-bond acceptors (Lipinski definition) is 9. The Bertz CT molecular complexity index is 1590. The van der Waals surface area contributed by atoms with E-state index in [1.807, 2.05) is 50.2 Å². The first-order chi connectivity index (χ1) is 18.3. The number of thiophene rings is 1. The standard InChI is InChI=1S/C26H27ClN8O2S/c1-13-10-28-21-20-15-4-7-19(31-17(15)5-6-18(20)38-22(21)24(36)30-13)32-23-16(11-29-26(27)33-23)25(37)35-9-8-14(12-35)34(2)3/h4-7,11,13-14,28H,8-10,12H2,1-3H3,(H,30,36)(H,29,31,32,33)/t13-,14?/m1/s1. The third kappa shape index (κ3) is 4.40. The number of fused-ring (bicyclic) bond motifs is 5. The van der Waals surface area contributed by atoms with Gasteiger partial charge in [-0.05, 0) is 63.3 Å². The lowest BCUT2D eigenvalue weighted by atomic mass is 10.1. The van der Waals surface area contributed by atoms with Gasteiger partial charge in [-0.25, -0.2) is 9.97 Å². The molecule has 0 radical (unpaired) electrons. The topological polar surface area (TPSA) is 115 Å². The van der Waals surface area contributed by atoms with E-state index in [9.17, 15) is 9.59 Å². The summed E-state index contributed by atoms with van der Waals surface area (Å²) in [6, 6.07) is 8.08. The Kier molecular flexibility index (Phi) is 6.29. The van der Waals surface area contributed by atoms with Gasteiger partial charge in [-0.1, -0.05) is 0 Å². The van der Waals surface area contributed by atoms with E-state index in [0.717, 1.165) is 33.1 Å². The Balaban J connectivity index is 1.34. The molecule has 0 saturated carbocycles. The van der Waals surface area contributed by atoms with Crippen molar-refractivity contribution in [3.63, 3.8) is 0 Å². The summed E-state index contributed by atoms with van der Waals surface area (Å²) in [5.41, 5.74) is 1.94. The van der Waals surface area contributed by atoms with Crippen LogP contribution in [-0.2, 0) is 0 Å². The number of benzene rings is 1. The van der Waals surface area contributed by atoms with Crippen molar-refractivity contribution in [3.8, 4) is 0 Å². The van der Waals surface area contributed by atoms with Gasteiger partial charge in [0.25, 0.3) is 11.8 Å². The molecular weight excluding hydrogens is 524 g/mol. The summed E-state index contributed by atoms with van der Waals surface area (Å²) in [6.07, 6.45) is 2.38. The van der Waals surface area contributed by atoms with E-state index < -0.39 is 0 Å². The molecule has 1 fully saturated rings. The highest BCUT2D eigenvalue weighted by molar-refractivity contribution is 7.21. The minimum absolute atomic E-state index is 0.0342. The van der Waals surface area contributed by atoms with Crippen LogP contribution in [0.5, 0.6) is 0 Å². The van der Waals surface area contributed by atoms with Crippen LogP contribution in [0, 0.1) is 0 Å². The molecule has 1 unspecified atom stereocenters. The number of carbonyl (C=O) groups is 2. The van der Waals surface area contributed by atoms with Crippen LogP contribution < -0.4 is 16.0 Å². The largest absolute Gasteiger partial charge is 0.381 e. The van der Waals surface area contributed by atoms with Crippen molar-refractivity contribution in [2.45, 2.75) is 25.4 Å². The molecule has 10 nitrogen and oxygen atoms in total. The van der Waals surface area contributed by atoms with Crippen LogP contribution in [0.3, 0.4) is 0 Å². The number of carbonyl (C=O) groups excluding carboxylic acids is 2. The normalized spacial score (nSPS) is 19.4. The summed E-state index contributed by atoms with van der Waals surface area (Å²) in [4.78, 5) is 43.9. The lowest BCUT2D eigenvalue weighted by molar-refractivity contribution is 0.0783. The molecule has 0 aliphatic carbocycles. The average molecular weight is 551 g/mol. The zero-order valence-corrected chi connectivity index (χ0v) is 22.8. The monoisotopic (exact) mass is 550 g/mol. The van der Waals surface area contributed by atoms with Gasteiger partial charge in [-0.2, -0.15) is 4.98 Å². The van der Waals surface area contributed by atoms with Gasteiger partial charge in [-0.15, -0.1) is 11.3 Å². The molecule has 2 atom stereocenters. The van der Waals surface area contributed by atoms with Gasteiger partial charge in [0, 0.05) is 53.4 Å². The van der Waals surface area contributed by atoms with Crippen LogP contribution in [0.4, 0.5) is 17.3 Å². The number of likely N-dealkylation sites (N-methyl/N-ethyl adjacent to an activating group) is 1. The minimum Gasteiger partial charge on any atom is -0.381 e. The Morgan fingerprint density at radius 3 is 2.87 bits per heavy atom. The third-order valence-corrected chi connectivity index (χ3v) is 8.44. The number of pyridine rings is 1. The number of hydrogen-bond donors (Lipinski definition) is 3. The van der Waals surface area contributed by atoms with Crippen molar-refractivity contribution in [2.24, 2.45) is 0 Å². The van der Waals surface area contributed by atoms with E-state index in [1.165, 1.54) is 17.5 Å². The van der Waals surface area contributed by atoms with Crippen LogP contribution >= 0.6 is 22.9 Å². The number of amides is 2. The third-order valence-electron chi connectivity index (χ3n) is 7.11. The van der Waals surface area contributed by atoms with E-state index in [2.05, 4.69) is 30.8 Å². The molecule has 38 heavy (non-hydrogen) atoms. The summed E-state index contributed by atoms with van der Waals surface area (Å²) < 4.78 is 1.01. The molecule has 1 aromatic carbocycles. The second kappa shape index (κ2) is 9.64. The van der Waals surface area contributed by atoms with Crippen LogP contribution in [0.15, 0.2) is 30.5 Å². The summed E-state index contributed by atoms with van der Waals surface area (Å²) in [5.74, 6) is 0.628. The number of anilines is 3. The molecule has 0 spiro atoms. The zero-order valence-electron chi connectivity index (χ0n) is 21.2. The molecule has 4 aromatic rings. The fraction of sp³-hybridized carbons (Fsp3) is 0.346. The van der Waals surface area contributed by atoms with Gasteiger partial charge in [0.2, 0.25) is 5.28 Å². The second-order valence-electron chi connectivity index (χ2n) is 9.95. The average Bonchev–Trinajstić information content (AvgIpc) is 3.50. The van der Waals surface area contributed by atoms with Gasteiger partial charge < -0.3 is 25.8 Å². The number of halogens is 1. The Hall–Kier alpha value is -3.54. The highest BCUT2D eigenvalue weighted by Crippen LogP contribution is 2.41. The predicted molar refractivity (Wildman–Crippen MR) is 151 cm³/mol. The molecule has 2 aliphatic heterocycles. The first kappa shape index (κ1) is 24.8. The fourth-order valence-corrected chi connectivity index (χ4v) is 6.28. The number of nitrogens with one attached hydrogen (secondary N) is 3. The van der Waals surface area contributed by atoms with Crippen molar-refractivity contribution in [1.29, 1.82) is 0 Å². The quantitative estimate of drug-likeness (QED) is 0.327. The van der Waals surface area contributed by atoms with Crippen LogP contribution in [0.2, 0.25) is 5.28 Å². The van der Waals surface area contributed by atoms with Crippen molar-refractivity contribution in [2.75, 3.05) is 44.4 Å². The van der Waals surface area contributed by atoms with Gasteiger partial charge in [0.05, 0.1) is 11.2 Å². The number of likely N-dealkylation sites (tertiary alicyclic amines) is 1. The molecular formula is C26H27ClN8O2S.